The van der Waals surface area contributed by atoms with Gasteiger partial charge < -0.3 is 9.47 Å². The Hall–Kier alpha value is -2.04. The summed E-state index contributed by atoms with van der Waals surface area (Å²) >= 11 is 0. The Morgan fingerprint density at radius 2 is 1.89 bits per heavy atom. The van der Waals surface area contributed by atoms with Crippen molar-refractivity contribution in [3.8, 4) is 11.5 Å². The van der Waals surface area contributed by atoms with Gasteiger partial charge in [-0.15, -0.1) is 0 Å². The van der Waals surface area contributed by atoms with Crippen molar-refractivity contribution in [2.45, 2.75) is 32.1 Å². The molecule has 1 saturated carbocycles. The second-order valence-electron chi connectivity index (χ2n) is 4.75. The van der Waals surface area contributed by atoms with E-state index in [0.717, 1.165) is 18.6 Å². The van der Waals surface area contributed by atoms with E-state index in [1.165, 1.54) is 19.3 Å². The smallest absolute Gasteiger partial charge is 0.271 e. The Morgan fingerprint density at radius 3 is 2.74 bits per heavy atom. The number of hydrogen-bond acceptors (Lipinski definition) is 4. The Labute approximate surface area is 111 Å². The fourth-order valence-corrected chi connectivity index (χ4v) is 2.30. The third-order valence-corrected chi connectivity index (χ3v) is 3.38. The van der Waals surface area contributed by atoms with E-state index in [4.69, 9.17) is 9.47 Å². The van der Waals surface area contributed by atoms with Gasteiger partial charge in [0, 0.05) is 11.3 Å². The van der Waals surface area contributed by atoms with E-state index < -0.39 is 0 Å². The normalized spacial score (nSPS) is 17.2. The average Bonchev–Trinajstić information content (AvgIpc) is 2.93. The Bertz CT molecular complexity index is 517. The minimum absolute atomic E-state index is 0.211. The number of nitrogens with one attached hydrogen (secondary N) is 1. The van der Waals surface area contributed by atoms with Crippen molar-refractivity contribution in [3.63, 3.8) is 0 Å². The number of amides is 1. The van der Waals surface area contributed by atoms with Gasteiger partial charge in [-0.2, -0.15) is 5.10 Å². The van der Waals surface area contributed by atoms with E-state index in [9.17, 15) is 4.79 Å². The van der Waals surface area contributed by atoms with Crippen molar-refractivity contribution in [1.29, 1.82) is 0 Å². The largest absolute Gasteiger partial charge is 0.454 e. The van der Waals surface area contributed by atoms with Crippen molar-refractivity contribution < 1.29 is 14.3 Å². The van der Waals surface area contributed by atoms with Gasteiger partial charge in [-0.1, -0.05) is 6.42 Å². The van der Waals surface area contributed by atoms with Crippen molar-refractivity contribution in [2.75, 3.05) is 6.79 Å². The number of nitrogens with zero attached hydrogens (tertiary/aromatic N) is 1. The third kappa shape index (κ3) is 2.70. The molecule has 0 aromatic heterocycles. The van der Waals surface area contributed by atoms with Crippen LogP contribution in [0.5, 0.6) is 11.5 Å². The molecule has 5 nitrogen and oxygen atoms in total. The molecule has 5 heteroatoms. The number of carbonyl (C=O) groups is 1. The Morgan fingerprint density at radius 1 is 1.11 bits per heavy atom. The van der Waals surface area contributed by atoms with Crippen LogP contribution in [0.4, 0.5) is 0 Å². The standard InChI is InChI=1S/C14H16N2O3/c17-14(16-15-11-4-2-1-3-5-11)10-6-7-12-13(8-10)19-9-18-12/h6-8H,1-5,9H2,(H,16,17). The zero-order valence-corrected chi connectivity index (χ0v) is 10.6. The molecular weight excluding hydrogens is 244 g/mol. The predicted octanol–water partition coefficient (Wildman–Crippen LogP) is 2.47. The van der Waals surface area contributed by atoms with Gasteiger partial charge in [0.25, 0.3) is 5.91 Å². The summed E-state index contributed by atoms with van der Waals surface area (Å²) in [4.78, 5) is 12.0. The predicted molar refractivity (Wildman–Crippen MR) is 70.6 cm³/mol. The summed E-state index contributed by atoms with van der Waals surface area (Å²) in [7, 11) is 0. The first kappa shape index (κ1) is 12.0. The molecule has 1 fully saturated rings. The van der Waals surface area contributed by atoms with E-state index in [1.54, 1.807) is 18.2 Å². The molecule has 1 heterocycles. The molecule has 1 aromatic rings. The molecule has 0 radical (unpaired) electrons. The van der Waals surface area contributed by atoms with Crippen LogP contribution in [0.2, 0.25) is 0 Å². The molecule has 0 bridgehead atoms. The summed E-state index contributed by atoms with van der Waals surface area (Å²) in [6.45, 7) is 0.211. The number of hydrazone groups is 1. The van der Waals surface area contributed by atoms with Gasteiger partial charge in [0.1, 0.15) is 0 Å². The van der Waals surface area contributed by atoms with E-state index in [2.05, 4.69) is 10.5 Å². The third-order valence-electron chi connectivity index (χ3n) is 3.38. The summed E-state index contributed by atoms with van der Waals surface area (Å²) in [6, 6.07) is 5.13. The minimum atomic E-state index is -0.212. The lowest BCUT2D eigenvalue weighted by molar-refractivity contribution is 0.0954. The molecule has 0 saturated heterocycles. The van der Waals surface area contributed by atoms with Crippen molar-refractivity contribution in [2.24, 2.45) is 5.10 Å². The second-order valence-corrected chi connectivity index (χ2v) is 4.75. The fraction of sp³-hybridized carbons (Fsp3) is 0.429. The van der Waals surface area contributed by atoms with Gasteiger partial charge in [0.15, 0.2) is 11.5 Å². The summed E-state index contributed by atoms with van der Waals surface area (Å²) < 4.78 is 10.5. The molecule has 0 spiro atoms. The molecule has 1 aliphatic carbocycles. The summed E-state index contributed by atoms with van der Waals surface area (Å²) in [5.41, 5.74) is 4.23. The summed E-state index contributed by atoms with van der Waals surface area (Å²) in [5, 5.41) is 4.20. The van der Waals surface area contributed by atoms with Crippen LogP contribution in [0.15, 0.2) is 23.3 Å². The topological polar surface area (TPSA) is 59.9 Å². The lowest BCUT2D eigenvalue weighted by Crippen LogP contribution is -2.20. The molecular formula is C14H16N2O3. The number of rotatable bonds is 2. The molecule has 1 aromatic carbocycles. The Balaban J connectivity index is 1.67. The van der Waals surface area contributed by atoms with Gasteiger partial charge >= 0.3 is 0 Å². The zero-order chi connectivity index (χ0) is 13.1. The van der Waals surface area contributed by atoms with Crippen LogP contribution in [0.3, 0.4) is 0 Å². The maximum Gasteiger partial charge on any atom is 0.271 e. The van der Waals surface area contributed by atoms with Crippen LogP contribution in [0, 0.1) is 0 Å². The van der Waals surface area contributed by atoms with Crippen molar-refractivity contribution >= 4 is 11.6 Å². The first-order chi connectivity index (χ1) is 9.33. The van der Waals surface area contributed by atoms with Gasteiger partial charge in [0.2, 0.25) is 6.79 Å². The van der Waals surface area contributed by atoms with E-state index in [1.807, 2.05) is 0 Å². The Kier molecular flexibility index (Phi) is 3.35. The van der Waals surface area contributed by atoms with Gasteiger partial charge in [-0.3, -0.25) is 4.79 Å². The first-order valence-electron chi connectivity index (χ1n) is 6.58. The zero-order valence-electron chi connectivity index (χ0n) is 10.6. The van der Waals surface area contributed by atoms with Gasteiger partial charge in [-0.05, 0) is 43.9 Å². The van der Waals surface area contributed by atoms with Gasteiger partial charge in [0.05, 0.1) is 0 Å². The first-order valence-corrected chi connectivity index (χ1v) is 6.58. The summed E-state index contributed by atoms with van der Waals surface area (Å²) in [5.74, 6) is 1.07. The van der Waals surface area contributed by atoms with Crippen molar-refractivity contribution in [1.82, 2.24) is 5.43 Å². The number of benzene rings is 1. The number of carbonyl (C=O) groups excluding carboxylic acids is 1. The molecule has 0 unspecified atom stereocenters. The molecule has 1 aliphatic heterocycles. The van der Waals surface area contributed by atoms with Crippen LogP contribution in [0.1, 0.15) is 42.5 Å². The highest BCUT2D eigenvalue weighted by atomic mass is 16.7. The molecule has 100 valence electrons. The number of ether oxygens (including phenoxy) is 2. The minimum Gasteiger partial charge on any atom is -0.454 e. The highest BCUT2D eigenvalue weighted by molar-refractivity contribution is 5.96. The van der Waals surface area contributed by atoms with Crippen molar-refractivity contribution in [3.05, 3.63) is 23.8 Å². The molecule has 0 atom stereocenters. The summed E-state index contributed by atoms with van der Waals surface area (Å²) in [6.07, 6.45) is 5.56. The van der Waals surface area contributed by atoms with Crippen LogP contribution in [0.25, 0.3) is 0 Å². The molecule has 3 rings (SSSR count). The maximum atomic E-state index is 12.0. The number of fused-ring (bicyclic) bond motifs is 1. The fourth-order valence-electron chi connectivity index (χ4n) is 2.30. The van der Waals surface area contributed by atoms with Gasteiger partial charge in [-0.25, -0.2) is 5.43 Å². The maximum absolute atomic E-state index is 12.0. The van der Waals surface area contributed by atoms with E-state index in [-0.39, 0.29) is 12.7 Å². The van der Waals surface area contributed by atoms with Crippen LogP contribution < -0.4 is 14.9 Å². The van der Waals surface area contributed by atoms with Crippen LogP contribution >= 0.6 is 0 Å². The lowest BCUT2D eigenvalue weighted by Gasteiger charge is -2.12. The van der Waals surface area contributed by atoms with Crippen LogP contribution in [-0.4, -0.2) is 18.4 Å². The molecule has 19 heavy (non-hydrogen) atoms. The van der Waals surface area contributed by atoms with E-state index in [0.29, 0.717) is 17.1 Å². The molecule has 1 amide bonds. The molecule has 2 aliphatic rings. The second kappa shape index (κ2) is 5.30. The molecule has 1 N–H and O–H groups in total. The quantitative estimate of drug-likeness (QED) is 0.831. The highest BCUT2D eigenvalue weighted by Crippen LogP contribution is 2.32. The van der Waals surface area contributed by atoms with E-state index >= 15 is 0 Å². The monoisotopic (exact) mass is 260 g/mol. The SMILES string of the molecule is O=C(NN=C1CCCCC1)c1ccc2c(c1)OCO2. The highest BCUT2D eigenvalue weighted by Gasteiger charge is 2.16. The average molecular weight is 260 g/mol. The van der Waals surface area contributed by atoms with Crippen LogP contribution in [-0.2, 0) is 0 Å². The lowest BCUT2D eigenvalue weighted by atomic mass is 9.99. The number of hydrogen-bond donors (Lipinski definition) is 1.